The summed E-state index contributed by atoms with van der Waals surface area (Å²) < 4.78 is 5.14. The fourth-order valence-corrected chi connectivity index (χ4v) is 0.867. The topological polar surface area (TPSA) is 66.4 Å². The predicted octanol–water partition coefficient (Wildman–Crippen LogP) is 0.0684. The van der Waals surface area contributed by atoms with Crippen LogP contribution in [0.2, 0.25) is 0 Å². The van der Waals surface area contributed by atoms with Crippen molar-refractivity contribution in [3.05, 3.63) is 12.2 Å². The molecule has 0 unspecified atom stereocenters. The van der Waals surface area contributed by atoms with E-state index in [-0.39, 0.29) is 12.2 Å². The second-order valence-corrected chi connectivity index (χ2v) is 3.20. The third kappa shape index (κ3) is 8.93. The van der Waals surface area contributed by atoms with Crippen LogP contribution in [0, 0.1) is 0 Å². The lowest BCUT2D eigenvalue weighted by molar-refractivity contribution is -0.304. The van der Waals surface area contributed by atoms with Gasteiger partial charge in [0.2, 0.25) is 0 Å². The van der Waals surface area contributed by atoms with Gasteiger partial charge in [-0.25, -0.2) is 0 Å². The van der Waals surface area contributed by atoms with Crippen LogP contribution in [-0.2, 0) is 14.3 Å². The molecule has 14 heavy (non-hydrogen) atoms. The van der Waals surface area contributed by atoms with Gasteiger partial charge in [-0.1, -0.05) is 12.2 Å². The first-order valence-electron chi connectivity index (χ1n) is 4.46. The molecule has 0 amide bonds. The van der Waals surface area contributed by atoms with Crippen LogP contribution in [-0.4, -0.2) is 25.0 Å². The van der Waals surface area contributed by atoms with Crippen LogP contribution in [0.1, 0.15) is 26.2 Å². The van der Waals surface area contributed by atoms with Crippen LogP contribution in [0.25, 0.3) is 0 Å². The van der Waals surface area contributed by atoms with Crippen LogP contribution >= 0.6 is 0 Å². The Bertz CT molecular complexity index is 220. The van der Waals surface area contributed by atoms with Crippen LogP contribution in [0.4, 0.5) is 0 Å². The maximum atomic E-state index is 10.9. The first-order chi connectivity index (χ1) is 6.52. The van der Waals surface area contributed by atoms with E-state index in [1.807, 2.05) is 6.92 Å². The number of carboxylic acids is 1. The Hall–Kier alpha value is -1.16. The van der Waals surface area contributed by atoms with Gasteiger partial charge in [0.25, 0.3) is 0 Å². The van der Waals surface area contributed by atoms with Crippen molar-refractivity contribution in [2.75, 3.05) is 13.2 Å². The summed E-state index contributed by atoms with van der Waals surface area (Å²) in [6, 6.07) is 0. The monoisotopic (exact) mass is 199 g/mol. The number of carbonyl (C=O) groups is 2. The van der Waals surface area contributed by atoms with Crippen molar-refractivity contribution in [1.29, 1.82) is 0 Å². The largest absolute Gasteiger partial charge is 0.550 e. The van der Waals surface area contributed by atoms with E-state index in [1.54, 1.807) is 0 Å². The van der Waals surface area contributed by atoms with Crippen molar-refractivity contribution in [2.45, 2.75) is 26.2 Å². The molecule has 0 rings (SSSR count). The van der Waals surface area contributed by atoms with Crippen LogP contribution in [0.15, 0.2) is 12.2 Å². The molecule has 4 nitrogen and oxygen atoms in total. The van der Waals surface area contributed by atoms with E-state index in [1.165, 1.54) is 0 Å². The first-order valence-corrected chi connectivity index (χ1v) is 4.46. The number of carboxylic acid groups (broad SMARTS) is 1. The fraction of sp³-hybridized carbons (Fsp3) is 0.600. The highest BCUT2D eigenvalue weighted by Crippen LogP contribution is 1.97. The molecule has 80 valence electrons. The molecule has 0 fully saturated rings. The molecule has 0 saturated heterocycles. The average Bonchev–Trinajstić information content (AvgIpc) is 2.01. The zero-order valence-electron chi connectivity index (χ0n) is 8.38. The number of ketones is 1. The van der Waals surface area contributed by atoms with Gasteiger partial charge in [-0.3, -0.25) is 4.79 Å². The zero-order chi connectivity index (χ0) is 11.0. The molecular weight excluding hydrogens is 184 g/mol. The molecule has 0 aromatic rings. The molecular formula is C10H15O4-. The van der Waals surface area contributed by atoms with Gasteiger partial charge in [0, 0.05) is 25.4 Å². The molecule has 4 heteroatoms. The number of ether oxygens (including phenoxy) is 1. The molecule has 0 atom stereocenters. The Labute approximate surface area is 83.6 Å². The van der Waals surface area contributed by atoms with Gasteiger partial charge >= 0.3 is 0 Å². The highest BCUT2D eigenvalue weighted by molar-refractivity contribution is 5.93. The summed E-state index contributed by atoms with van der Waals surface area (Å²) in [7, 11) is 0. The van der Waals surface area contributed by atoms with Crippen LogP contribution in [0.5, 0.6) is 0 Å². The maximum Gasteiger partial charge on any atom is 0.138 e. The van der Waals surface area contributed by atoms with Crippen molar-refractivity contribution < 1.29 is 19.4 Å². The van der Waals surface area contributed by atoms with Crippen LogP contribution < -0.4 is 5.11 Å². The zero-order valence-corrected chi connectivity index (χ0v) is 8.38. The second kappa shape index (κ2) is 7.26. The lowest BCUT2D eigenvalue weighted by Gasteiger charge is -2.03. The quantitative estimate of drug-likeness (QED) is 0.315. The van der Waals surface area contributed by atoms with Crippen LogP contribution in [0.3, 0.4) is 0 Å². The van der Waals surface area contributed by atoms with Gasteiger partial charge in [0.05, 0.1) is 6.61 Å². The van der Waals surface area contributed by atoms with E-state index >= 15 is 0 Å². The van der Waals surface area contributed by atoms with Crippen molar-refractivity contribution in [2.24, 2.45) is 0 Å². The van der Waals surface area contributed by atoms with E-state index in [2.05, 4.69) is 6.58 Å². The van der Waals surface area contributed by atoms with Crippen molar-refractivity contribution >= 4 is 11.8 Å². The summed E-state index contributed by atoms with van der Waals surface area (Å²) in [6.07, 6.45) is 0.268. The SMILES string of the molecule is C=C(C)COCCCC(=O)CC(=O)[O-]. The van der Waals surface area contributed by atoms with Gasteiger partial charge in [-0.2, -0.15) is 0 Å². The highest BCUT2D eigenvalue weighted by Gasteiger charge is 2.01. The van der Waals surface area contributed by atoms with E-state index < -0.39 is 12.4 Å². The van der Waals surface area contributed by atoms with Gasteiger partial charge in [0.1, 0.15) is 5.78 Å². The Kier molecular flexibility index (Phi) is 6.66. The summed E-state index contributed by atoms with van der Waals surface area (Å²) >= 11 is 0. The Balaban J connectivity index is 3.32. The van der Waals surface area contributed by atoms with Gasteiger partial charge < -0.3 is 14.6 Å². The average molecular weight is 199 g/mol. The predicted molar refractivity (Wildman–Crippen MR) is 49.5 cm³/mol. The van der Waals surface area contributed by atoms with E-state index in [0.717, 1.165) is 5.57 Å². The minimum absolute atomic E-state index is 0.226. The summed E-state index contributed by atoms with van der Waals surface area (Å²) in [5.41, 5.74) is 0.922. The molecule has 0 spiro atoms. The van der Waals surface area contributed by atoms with Crippen molar-refractivity contribution in [3.63, 3.8) is 0 Å². The minimum atomic E-state index is -1.32. The second-order valence-electron chi connectivity index (χ2n) is 3.20. The molecule has 0 heterocycles. The minimum Gasteiger partial charge on any atom is -0.550 e. The molecule has 0 N–H and O–H groups in total. The number of hydrogen-bond donors (Lipinski definition) is 0. The van der Waals surface area contributed by atoms with Gasteiger partial charge in [-0.15, -0.1) is 0 Å². The molecule has 0 radical (unpaired) electrons. The lowest BCUT2D eigenvalue weighted by atomic mass is 10.2. The van der Waals surface area contributed by atoms with Crippen molar-refractivity contribution in [3.8, 4) is 0 Å². The third-order valence-corrected chi connectivity index (χ3v) is 1.43. The molecule has 0 aliphatic rings. The number of rotatable bonds is 8. The smallest absolute Gasteiger partial charge is 0.138 e. The fourth-order valence-electron chi connectivity index (χ4n) is 0.867. The van der Waals surface area contributed by atoms with E-state index in [0.29, 0.717) is 19.6 Å². The lowest BCUT2D eigenvalue weighted by Crippen LogP contribution is -2.25. The summed E-state index contributed by atoms with van der Waals surface area (Å²) in [5.74, 6) is -1.64. The number of Topliss-reactive ketones (excluding diaryl/α,β-unsaturated/α-hetero) is 1. The summed E-state index contributed by atoms with van der Waals surface area (Å²) in [6.45, 7) is 6.43. The first kappa shape index (κ1) is 12.8. The maximum absolute atomic E-state index is 10.9. The molecule has 0 aliphatic heterocycles. The molecule has 0 aromatic heterocycles. The Morgan fingerprint density at radius 2 is 2.07 bits per heavy atom. The van der Waals surface area contributed by atoms with Gasteiger partial charge in [0.15, 0.2) is 0 Å². The third-order valence-electron chi connectivity index (χ3n) is 1.43. The van der Waals surface area contributed by atoms with E-state index in [4.69, 9.17) is 4.74 Å². The van der Waals surface area contributed by atoms with Crippen molar-refractivity contribution in [1.82, 2.24) is 0 Å². The summed E-state index contributed by atoms with van der Waals surface area (Å²) in [5, 5.41) is 10.0. The van der Waals surface area contributed by atoms with Gasteiger partial charge in [-0.05, 0) is 13.3 Å². The number of aliphatic carboxylic acids is 1. The number of hydrogen-bond acceptors (Lipinski definition) is 4. The molecule has 0 aliphatic carbocycles. The highest BCUT2D eigenvalue weighted by atomic mass is 16.5. The molecule has 0 bridgehead atoms. The van der Waals surface area contributed by atoms with E-state index in [9.17, 15) is 14.7 Å². The Morgan fingerprint density at radius 1 is 1.43 bits per heavy atom. The number of carbonyl (C=O) groups excluding carboxylic acids is 2. The standard InChI is InChI=1S/C10H16O4/c1-8(2)7-14-5-3-4-9(11)6-10(12)13/h1,3-7H2,2H3,(H,12,13)/p-1. The Morgan fingerprint density at radius 3 is 2.57 bits per heavy atom. The molecule has 0 aromatic carbocycles. The summed E-state index contributed by atoms with van der Waals surface area (Å²) in [4.78, 5) is 20.9. The molecule has 0 saturated carbocycles. The normalized spacial score (nSPS) is 9.79.